The maximum Gasteiger partial charge on any atom is 0.260 e. The molecule has 8 heteroatoms. The van der Waals surface area contributed by atoms with Crippen LogP contribution in [0.25, 0.3) is 11.0 Å². The maximum atomic E-state index is 12.1. The second-order valence-electron chi connectivity index (χ2n) is 6.81. The minimum absolute atomic E-state index is 0.141. The van der Waals surface area contributed by atoms with Crippen molar-refractivity contribution >= 4 is 16.9 Å². The zero-order chi connectivity index (χ0) is 18.3. The van der Waals surface area contributed by atoms with Gasteiger partial charge in [0.2, 0.25) is 0 Å². The fourth-order valence-corrected chi connectivity index (χ4v) is 3.42. The Labute approximate surface area is 150 Å². The first-order valence-corrected chi connectivity index (χ1v) is 8.78. The van der Waals surface area contributed by atoms with E-state index >= 15 is 0 Å². The average Bonchev–Trinajstić information content (AvgIpc) is 3.01. The molecule has 0 spiro atoms. The Hall–Kier alpha value is -2.90. The predicted molar refractivity (Wildman–Crippen MR) is 98.7 cm³/mol. The van der Waals surface area contributed by atoms with Crippen LogP contribution in [-0.2, 0) is 7.05 Å². The number of fused-ring (bicyclic) bond motifs is 1. The molecule has 0 aliphatic carbocycles. The molecule has 0 aromatic carbocycles. The summed E-state index contributed by atoms with van der Waals surface area (Å²) < 4.78 is 7.74. The van der Waals surface area contributed by atoms with Crippen LogP contribution >= 0.6 is 0 Å². The summed E-state index contributed by atoms with van der Waals surface area (Å²) in [4.78, 5) is 26.1. The van der Waals surface area contributed by atoms with Gasteiger partial charge in [0.25, 0.3) is 5.56 Å². The normalized spacial score (nSPS) is 15.6. The molecule has 4 heterocycles. The highest BCUT2D eigenvalue weighted by atomic mass is 16.5. The first-order valence-electron chi connectivity index (χ1n) is 8.78. The van der Waals surface area contributed by atoms with Gasteiger partial charge in [0, 0.05) is 33.0 Å². The Morgan fingerprint density at radius 2 is 2.00 bits per heavy atom. The molecular formula is C18H22N6O2. The Balaban J connectivity index is 1.52. The van der Waals surface area contributed by atoms with Crippen LogP contribution in [0.2, 0.25) is 0 Å². The number of pyridine rings is 1. The van der Waals surface area contributed by atoms with Gasteiger partial charge in [0.05, 0.1) is 17.8 Å². The summed E-state index contributed by atoms with van der Waals surface area (Å²) in [6, 6.07) is 1.88. The van der Waals surface area contributed by atoms with Crippen LogP contribution in [0.5, 0.6) is 5.75 Å². The number of hydrogen-bond acceptors (Lipinski definition) is 6. The summed E-state index contributed by atoms with van der Waals surface area (Å²) in [5.74, 6) is 2.29. The third-order valence-electron chi connectivity index (χ3n) is 4.70. The fraction of sp³-hybridized carbons (Fsp3) is 0.444. The molecule has 0 radical (unpaired) electrons. The molecule has 1 saturated heterocycles. The lowest BCUT2D eigenvalue weighted by Crippen LogP contribution is -2.39. The van der Waals surface area contributed by atoms with E-state index in [1.54, 1.807) is 17.8 Å². The van der Waals surface area contributed by atoms with Gasteiger partial charge in [0.15, 0.2) is 11.4 Å². The van der Waals surface area contributed by atoms with E-state index < -0.39 is 0 Å². The van der Waals surface area contributed by atoms with E-state index in [-0.39, 0.29) is 11.7 Å². The Morgan fingerprint density at radius 1 is 1.23 bits per heavy atom. The average molecular weight is 354 g/mol. The number of ether oxygens (including phenoxy) is 1. The number of hydrogen-bond donors (Lipinski definition) is 1. The molecule has 1 fully saturated rings. The molecular weight excluding hydrogens is 332 g/mol. The summed E-state index contributed by atoms with van der Waals surface area (Å²) >= 11 is 0. The number of aromatic amines is 1. The van der Waals surface area contributed by atoms with Gasteiger partial charge >= 0.3 is 0 Å². The number of rotatable bonds is 3. The third-order valence-corrected chi connectivity index (χ3v) is 4.70. The van der Waals surface area contributed by atoms with Crippen molar-refractivity contribution < 1.29 is 4.74 Å². The van der Waals surface area contributed by atoms with Crippen molar-refractivity contribution in [3.8, 4) is 5.75 Å². The molecule has 8 nitrogen and oxygen atoms in total. The lowest BCUT2D eigenvalue weighted by Gasteiger charge is -2.33. The van der Waals surface area contributed by atoms with Crippen LogP contribution in [0.4, 0.5) is 5.82 Å². The van der Waals surface area contributed by atoms with Gasteiger partial charge in [-0.15, -0.1) is 0 Å². The minimum atomic E-state index is -0.141. The lowest BCUT2D eigenvalue weighted by atomic mass is 10.1. The maximum absolute atomic E-state index is 12.1. The molecule has 26 heavy (non-hydrogen) atoms. The number of aryl methyl sites for hydroxylation is 3. The summed E-state index contributed by atoms with van der Waals surface area (Å²) in [5, 5.41) is 4.67. The fourth-order valence-electron chi connectivity index (χ4n) is 3.42. The molecule has 0 amide bonds. The Kier molecular flexibility index (Phi) is 4.10. The van der Waals surface area contributed by atoms with E-state index in [2.05, 4.69) is 25.0 Å². The highest BCUT2D eigenvalue weighted by molar-refractivity contribution is 5.77. The molecule has 1 aliphatic heterocycles. The van der Waals surface area contributed by atoms with Gasteiger partial charge in [-0.1, -0.05) is 0 Å². The summed E-state index contributed by atoms with van der Waals surface area (Å²) in [6.07, 6.45) is 5.63. The second kappa shape index (κ2) is 6.44. The van der Waals surface area contributed by atoms with Crippen LogP contribution in [0.3, 0.4) is 0 Å². The first-order chi connectivity index (χ1) is 12.5. The van der Waals surface area contributed by atoms with Crippen molar-refractivity contribution in [2.45, 2.75) is 32.8 Å². The smallest absolute Gasteiger partial charge is 0.260 e. The van der Waals surface area contributed by atoms with Crippen LogP contribution in [0.15, 0.2) is 23.3 Å². The van der Waals surface area contributed by atoms with E-state index in [4.69, 9.17) is 4.74 Å². The number of anilines is 1. The summed E-state index contributed by atoms with van der Waals surface area (Å²) in [6.45, 7) is 5.46. The van der Waals surface area contributed by atoms with Crippen molar-refractivity contribution in [2.75, 3.05) is 18.0 Å². The van der Waals surface area contributed by atoms with Crippen molar-refractivity contribution in [1.29, 1.82) is 0 Å². The van der Waals surface area contributed by atoms with Crippen molar-refractivity contribution in [1.82, 2.24) is 24.7 Å². The van der Waals surface area contributed by atoms with Crippen LogP contribution in [0.1, 0.15) is 24.2 Å². The SMILES string of the molecule is Cc1nc2nc(N3CCC(Oc4cnn(C)c4)CC3)c(C)cc2c(=O)[nH]1. The zero-order valence-electron chi connectivity index (χ0n) is 15.2. The van der Waals surface area contributed by atoms with E-state index in [9.17, 15) is 4.79 Å². The highest BCUT2D eigenvalue weighted by Crippen LogP contribution is 2.25. The quantitative estimate of drug-likeness (QED) is 0.770. The molecule has 136 valence electrons. The van der Waals surface area contributed by atoms with Crippen LogP contribution < -0.4 is 15.2 Å². The van der Waals surface area contributed by atoms with Gasteiger partial charge in [-0.3, -0.25) is 9.48 Å². The van der Waals surface area contributed by atoms with Gasteiger partial charge in [0.1, 0.15) is 17.7 Å². The Bertz CT molecular complexity index is 1000. The van der Waals surface area contributed by atoms with Crippen molar-refractivity contribution in [3.05, 3.63) is 40.2 Å². The molecule has 1 N–H and O–H groups in total. The van der Waals surface area contributed by atoms with Crippen molar-refractivity contribution in [3.63, 3.8) is 0 Å². The molecule has 3 aromatic rings. The molecule has 4 rings (SSSR count). The second-order valence-corrected chi connectivity index (χ2v) is 6.81. The van der Waals surface area contributed by atoms with Crippen LogP contribution in [-0.4, -0.2) is 43.9 Å². The van der Waals surface area contributed by atoms with E-state index in [0.29, 0.717) is 16.9 Å². The first kappa shape index (κ1) is 16.6. The topological polar surface area (TPSA) is 88.9 Å². The monoisotopic (exact) mass is 354 g/mol. The molecule has 0 unspecified atom stereocenters. The van der Waals surface area contributed by atoms with E-state index in [1.165, 1.54) is 0 Å². The number of piperidine rings is 1. The van der Waals surface area contributed by atoms with Gasteiger partial charge in [-0.05, 0) is 25.5 Å². The molecule has 3 aromatic heterocycles. The summed E-state index contributed by atoms with van der Waals surface area (Å²) in [7, 11) is 1.88. The molecule has 0 bridgehead atoms. The highest BCUT2D eigenvalue weighted by Gasteiger charge is 2.23. The standard InChI is InChI=1S/C18H22N6O2/c1-11-8-15-16(20-12(2)21-18(15)25)22-17(11)24-6-4-13(5-7-24)26-14-9-19-23(3)10-14/h8-10,13H,4-7H2,1-3H3,(H,20,21,22,25). The molecule has 1 aliphatic rings. The zero-order valence-corrected chi connectivity index (χ0v) is 15.2. The number of nitrogens with one attached hydrogen (secondary N) is 1. The van der Waals surface area contributed by atoms with Crippen LogP contribution in [0, 0.1) is 13.8 Å². The van der Waals surface area contributed by atoms with Crippen molar-refractivity contribution in [2.24, 2.45) is 7.05 Å². The number of aromatic nitrogens is 5. The minimum Gasteiger partial charge on any atom is -0.487 e. The van der Waals surface area contributed by atoms with Gasteiger partial charge < -0.3 is 14.6 Å². The molecule has 0 atom stereocenters. The number of H-pyrrole nitrogens is 1. The number of nitrogens with zero attached hydrogens (tertiary/aromatic N) is 5. The van der Waals surface area contributed by atoms with Gasteiger partial charge in [-0.2, -0.15) is 5.10 Å². The Morgan fingerprint density at radius 3 is 2.69 bits per heavy atom. The van der Waals surface area contributed by atoms with Gasteiger partial charge in [-0.25, -0.2) is 9.97 Å². The largest absolute Gasteiger partial charge is 0.487 e. The molecule has 0 saturated carbocycles. The van der Waals surface area contributed by atoms with E-state index in [1.807, 2.05) is 26.2 Å². The van der Waals surface area contributed by atoms with E-state index in [0.717, 1.165) is 43.1 Å². The summed E-state index contributed by atoms with van der Waals surface area (Å²) in [5.41, 5.74) is 1.35. The lowest BCUT2D eigenvalue weighted by molar-refractivity contribution is 0.170. The predicted octanol–water partition coefficient (Wildman–Crippen LogP) is 1.72. The third kappa shape index (κ3) is 3.14.